The number of benzene rings is 2. The molecule has 0 bridgehead atoms. The van der Waals surface area contributed by atoms with Crippen molar-refractivity contribution in [2.24, 2.45) is 5.92 Å². The van der Waals surface area contributed by atoms with Gasteiger partial charge in [-0.05, 0) is 49.2 Å². The molecule has 1 aliphatic heterocycles. The van der Waals surface area contributed by atoms with Crippen molar-refractivity contribution in [3.05, 3.63) is 66.4 Å². The molecule has 0 atom stereocenters. The topological polar surface area (TPSA) is 84.4 Å². The molecule has 1 amide bonds. The maximum atomic E-state index is 12.7. The molecule has 0 saturated carbocycles. The summed E-state index contributed by atoms with van der Waals surface area (Å²) < 4.78 is 12.9. The van der Waals surface area contributed by atoms with Crippen LogP contribution in [0.15, 0.2) is 69.5 Å². The summed E-state index contributed by atoms with van der Waals surface area (Å²) in [5, 5.41) is 3.88. The highest BCUT2D eigenvalue weighted by atomic mass is 32.1. The number of fused-ring (bicyclic) bond motifs is 2. The Hall–Kier alpha value is -3.65. The van der Waals surface area contributed by atoms with E-state index in [1.807, 2.05) is 54.6 Å². The predicted octanol–water partition coefficient (Wildman–Crippen LogP) is 5.23. The largest absolute Gasteiger partial charge is 0.457 e. The number of nitrogens with zero attached hydrogens (tertiary/aromatic N) is 3. The van der Waals surface area contributed by atoms with E-state index in [0.29, 0.717) is 12.6 Å². The monoisotopic (exact) mass is 458 g/mol. The number of rotatable bonds is 5. The fraction of sp³-hybridized carbons (Fsp3) is 0.240. The summed E-state index contributed by atoms with van der Waals surface area (Å²) in [4.78, 5) is 24.0. The van der Waals surface area contributed by atoms with Crippen LogP contribution in [0.3, 0.4) is 0 Å². The number of aromatic nitrogens is 2. The van der Waals surface area contributed by atoms with E-state index in [4.69, 9.17) is 8.83 Å². The fourth-order valence-corrected chi connectivity index (χ4v) is 5.14. The van der Waals surface area contributed by atoms with Crippen molar-refractivity contribution in [2.45, 2.75) is 19.4 Å². The van der Waals surface area contributed by atoms with Crippen molar-refractivity contribution >= 4 is 44.6 Å². The summed E-state index contributed by atoms with van der Waals surface area (Å²) in [5.74, 6) is 1.49. The highest BCUT2D eigenvalue weighted by Gasteiger charge is 2.27. The first-order valence-electron chi connectivity index (χ1n) is 11.1. The maximum Gasteiger partial charge on any atom is 0.298 e. The van der Waals surface area contributed by atoms with Crippen molar-refractivity contribution < 1.29 is 13.6 Å². The lowest BCUT2D eigenvalue weighted by Gasteiger charge is -2.30. The van der Waals surface area contributed by atoms with Crippen LogP contribution in [0.25, 0.3) is 32.1 Å². The summed E-state index contributed by atoms with van der Waals surface area (Å²) in [6.45, 7) is 1.86. The summed E-state index contributed by atoms with van der Waals surface area (Å²) >= 11 is 1.60. The number of amides is 1. The number of furan rings is 1. The summed E-state index contributed by atoms with van der Waals surface area (Å²) in [5.41, 5.74) is 2.61. The molecule has 1 N–H and O–H groups in total. The van der Waals surface area contributed by atoms with Gasteiger partial charge in [0.05, 0.1) is 16.8 Å². The van der Waals surface area contributed by atoms with E-state index in [1.165, 1.54) is 0 Å². The fourth-order valence-electron chi connectivity index (χ4n) is 4.21. The molecule has 1 saturated heterocycles. The molecule has 0 radical (unpaired) electrons. The quantitative estimate of drug-likeness (QED) is 0.388. The first-order valence-corrected chi connectivity index (χ1v) is 11.9. The lowest BCUT2D eigenvalue weighted by molar-refractivity contribution is -0.125. The number of nitrogens with one attached hydrogen (secondary N) is 1. The van der Waals surface area contributed by atoms with Gasteiger partial charge in [-0.2, -0.15) is 4.98 Å². The van der Waals surface area contributed by atoms with Gasteiger partial charge in [-0.3, -0.25) is 4.79 Å². The zero-order valence-electron chi connectivity index (χ0n) is 17.9. The van der Waals surface area contributed by atoms with Crippen molar-refractivity contribution in [2.75, 3.05) is 18.0 Å². The first-order chi connectivity index (χ1) is 16.2. The van der Waals surface area contributed by atoms with Gasteiger partial charge in [0.1, 0.15) is 11.3 Å². The third-order valence-electron chi connectivity index (χ3n) is 6.02. The number of thiazole rings is 1. The average Bonchev–Trinajstić information content (AvgIpc) is 3.60. The minimum Gasteiger partial charge on any atom is -0.457 e. The molecule has 4 heterocycles. The number of para-hydroxylation sites is 3. The SMILES string of the molecule is O=C(NCc1ccc(-c2nc3ccccc3s2)o1)C1CCN(c2nc3ccccc3o2)CC1. The van der Waals surface area contributed by atoms with E-state index in [9.17, 15) is 4.79 Å². The molecular weight excluding hydrogens is 436 g/mol. The lowest BCUT2D eigenvalue weighted by atomic mass is 9.96. The van der Waals surface area contributed by atoms with Gasteiger partial charge >= 0.3 is 0 Å². The first kappa shape index (κ1) is 20.0. The third-order valence-corrected chi connectivity index (χ3v) is 7.07. The second kappa shape index (κ2) is 8.37. The van der Waals surface area contributed by atoms with Gasteiger partial charge in [0, 0.05) is 19.0 Å². The Morgan fingerprint density at radius 3 is 2.58 bits per heavy atom. The van der Waals surface area contributed by atoms with Crippen LogP contribution in [0, 0.1) is 5.92 Å². The Bertz CT molecular complexity index is 1360. The molecule has 8 heteroatoms. The molecule has 1 fully saturated rings. The van der Waals surface area contributed by atoms with E-state index in [-0.39, 0.29) is 11.8 Å². The van der Waals surface area contributed by atoms with Gasteiger partial charge in [0.2, 0.25) is 5.91 Å². The van der Waals surface area contributed by atoms with Crippen molar-refractivity contribution in [3.8, 4) is 10.8 Å². The van der Waals surface area contributed by atoms with Gasteiger partial charge in [-0.1, -0.05) is 24.3 Å². The van der Waals surface area contributed by atoms with Crippen LogP contribution in [0.1, 0.15) is 18.6 Å². The van der Waals surface area contributed by atoms with E-state index < -0.39 is 0 Å². The van der Waals surface area contributed by atoms with E-state index in [2.05, 4.69) is 26.3 Å². The van der Waals surface area contributed by atoms with Gasteiger partial charge in [0.15, 0.2) is 16.4 Å². The highest BCUT2D eigenvalue weighted by Crippen LogP contribution is 2.31. The maximum absolute atomic E-state index is 12.7. The smallest absolute Gasteiger partial charge is 0.298 e. The van der Waals surface area contributed by atoms with Crippen LogP contribution in [-0.4, -0.2) is 29.0 Å². The number of oxazole rings is 1. The van der Waals surface area contributed by atoms with Crippen molar-refractivity contribution in [1.29, 1.82) is 0 Å². The number of hydrogen-bond acceptors (Lipinski definition) is 7. The summed E-state index contributed by atoms with van der Waals surface area (Å²) in [6.07, 6.45) is 1.53. The predicted molar refractivity (Wildman–Crippen MR) is 128 cm³/mol. The Labute approximate surface area is 194 Å². The second-order valence-corrected chi connectivity index (χ2v) is 9.23. The Kier molecular flexibility index (Phi) is 5.07. The van der Waals surface area contributed by atoms with Crippen molar-refractivity contribution in [3.63, 3.8) is 0 Å². The Morgan fingerprint density at radius 1 is 0.970 bits per heavy atom. The van der Waals surface area contributed by atoms with Crippen molar-refractivity contribution in [1.82, 2.24) is 15.3 Å². The van der Waals surface area contributed by atoms with E-state index in [0.717, 1.165) is 63.8 Å². The standard InChI is InChI=1S/C25H22N4O3S/c30-23(16-11-13-29(14-12-16)25-28-18-5-1-3-7-20(18)32-25)26-15-17-9-10-21(31-17)24-27-19-6-2-4-8-22(19)33-24/h1-10,16H,11-15H2,(H,26,30). The number of carbonyl (C=O) groups is 1. The van der Waals surface area contributed by atoms with Crippen LogP contribution < -0.4 is 10.2 Å². The Morgan fingerprint density at radius 2 is 1.76 bits per heavy atom. The summed E-state index contributed by atoms with van der Waals surface area (Å²) in [6, 6.07) is 20.2. The van der Waals surface area contributed by atoms with Crippen LogP contribution >= 0.6 is 11.3 Å². The molecular formula is C25H22N4O3S. The number of anilines is 1. The normalized spacial score (nSPS) is 14.8. The van der Waals surface area contributed by atoms with Gasteiger partial charge in [-0.15, -0.1) is 11.3 Å². The summed E-state index contributed by atoms with van der Waals surface area (Å²) in [7, 11) is 0. The number of hydrogen-bond donors (Lipinski definition) is 1. The molecule has 33 heavy (non-hydrogen) atoms. The Balaban J connectivity index is 1.04. The zero-order chi connectivity index (χ0) is 22.2. The zero-order valence-corrected chi connectivity index (χ0v) is 18.7. The van der Waals surface area contributed by atoms with Gasteiger partial charge in [-0.25, -0.2) is 4.98 Å². The number of piperidine rings is 1. The molecule has 2 aromatic carbocycles. The second-order valence-electron chi connectivity index (χ2n) is 8.20. The minimum atomic E-state index is -0.0238. The van der Waals surface area contributed by atoms with E-state index >= 15 is 0 Å². The lowest BCUT2D eigenvalue weighted by Crippen LogP contribution is -2.40. The third kappa shape index (κ3) is 3.98. The molecule has 6 rings (SSSR count). The molecule has 3 aromatic heterocycles. The van der Waals surface area contributed by atoms with E-state index in [1.54, 1.807) is 11.3 Å². The molecule has 7 nitrogen and oxygen atoms in total. The minimum absolute atomic E-state index is 0.0238. The van der Waals surface area contributed by atoms with Gasteiger partial charge in [0.25, 0.3) is 6.01 Å². The van der Waals surface area contributed by atoms with Crippen LogP contribution in [0.2, 0.25) is 0 Å². The average molecular weight is 459 g/mol. The van der Waals surface area contributed by atoms with Gasteiger partial charge < -0.3 is 19.1 Å². The molecule has 0 spiro atoms. The molecule has 0 aliphatic carbocycles. The molecule has 1 aliphatic rings. The van der Waals surface area contributed by atoms with Crippen LogP contribution in [-0.2, 0) is 11.3 Å². The molecule has 0 unspecified atom stereocenters. The molecule has 5 aromatic rings. The highest BCUT2D eigenvalue weighted by molar-refractivity contribution is 7.21. The van der Waals surface area contributed by atoms with Crippen LogP contribution in [0.4, 0.5) is 6.01 Å². The van der Waals surface area contributed by atoms with Crippen LogP contribution in [0.5, 0.6) is 0 Å². The molecule has 166 valence electrons. The number of carbonyl (C=O) groups excluding carboxylic acids is 1.